The molecule has 1 saturated heterocycles. The zero-order chi connectivity index (χ0) is 25.3. The van der Waals surface area contributed by atoms with Gasteiger partial charge in [0.25, 0.3) is 32.1 Å². The molecule has 0 unspecified atom stereocenters. The lowest BCUT2D eigenvalue weighted by Gasteiger charge is -2.18. The molecule has 5 rings (SSSR count). The van der Waals surface area contributed by atoms with Crippen LogP contribution in [0, 0.1) is 0 Å². The number of nitrogens with zero attached hydrogens (tertiary/aromatic N) is 1. The van der Waals surface area contributed by atoms with E-state index < -0.39 is 47.9 Å². The van der Waals surface area contributed by atoms with Gasteiger partial charge in [-0.3, -0.25) is 24.0 Å². The number of amides is 3. The van der Waals surface area contributed by atoms with Gasteiger partial charge in [-0.15, -0.1) is 5.06 Å². The van der Waals surface area contributed by atoms with Crippen LogP contribution in [-0.2, 0) is 34.7 Å². The van der Waals surface area contributed by atoms with Gasteiger partial charge in [0.1, 0.15) is 9.79 Å². The molecule has 0 aliphatic carbocycles. The molecule has 4 aromatic rings. The number of rotatable bonds is 4. The predicted molar refractivity (Wildman–Crippen MR) is 121 cm³/mol. The van der Waals surface area contributed by atoms with Crippen LogP contribution < -0.4 is 5.32 Å². The van der Waals surface area contributed by atoms with E-state index in [1.807, 2.05) is 0 Å². The molecule has 1 aliphatic heterocycles. The highest BCUT2D eigenvalue weighted by atomic mass is 32.2. The normalized spacial score (nSPS) is 15.0. The molecule has 1 heterocycles. The number of hydrogen-bond donors (Lipinski definition) is 3. The molecule has 12 nitrogen and oxygen atoms in total. The summed E-state index contributed by atoms with van der Waals surface area (Å²) in [7, 11) is -9.49. The van der Waals surface area contributed by atoms with Gasteiger partial charge in [-0.1, -0.05) is 30.3 Å². The Labute approximate surface area is 196 Å². The number of nitrogens with one attached hydrogen (secondary N) is 1. The number of carbonyl (C=O) groups excluding carboxylic acids is 3. The van der Waals surface area contributed by atoms with Crippen molar-refractivity contribution in [3.8, 4) is 0 Å². The third-order valence-corrected chi connectivity index (χ3v) is 7.48. The minimum Gasteiger partial charge on any atom is -0.311 e. The molecule has 14 heteroatoms. The summed E-state index contributed by atoms with van der Waals surface area (Å²) in [6.45, 7) is 0. The van der Waals surface area contributed by atoms with Gasteiger partial charge < -0.3 is 4.84 Å². The first-order valence-electron chi connectivity index (χ1n) is 9.90. The number of carbonyl (C=O) groups is 3. The average Bonchev–Trinajstić information content (AvgIpc) is 3.08. The fourth-order valence-electron chi connectivity index (χ4n) is 4.25. The van der Waals surface area contributed by atoms with Gasteiger partial charge >= 0.3 is 6.09 Å². The highest BCUT2D eigenvalue weighted by molar-refractivity contribution is 7.86. The van der Waals surface area contributed by atoms with Gasteiger partial charge in [-0.25, -0.2) is 4.79 Å². The monoisotopic (exact) mass is 518 g/mol. The van der Waals surface area contributed by atoms with Crippen molar-refractivity contribution in [2.45, 2.75) is 22.6 Å². The van der Waals surface area contributed by atoms with Gasteiger partial charge in [-0.2, -0.15) is 16.8 Å². The topological polar surface area (TPSA) is 184 Å². The van der Waals surface area contributed by atoms with E-state index >= 15 is 0 Å². The third kappa shape index (κ3) is 3.72. The maximum atomic E-state index is 12.5. The van der Waals surface area contributed by atoms with E-state index in [1.165, 1.54) is 30.3 Å². The molecule has 180 valence electrons. The maximum absolute atomic E-state index is 12.5. The summed E-state index contributed by atoms with van der Waals surface area (Å²) in [5, 5.41) is 3.81. The van der Waals surface area contributed by atoms with Crippen LogP contribution in [0.1, 0.15) is 12.8 Å². The van der Waals surface area contributed by atoms with Crippen LogP contribution >= 0.6 is 0 Å². The number of imide groups is 1. The van der Waals surface area contributed by atoms with Crippen molar-refractivity contribution in [2.75, 3.05) is 5.32 Å². The summed E-state index contributed by atoms with van der Waals surface area (Å²) in [6, 6.07) is 9.24. The largest absolute Gasteiger partial charge is 0.436 e. The van der Waals surface area contributed by atoms with Gasteiger partial charge in [-0.05, 0) is 22.9 Å². The van der Waals surface area contributed by atoms with Crippen molar-refractivity contribution in [1.82, 2.24) is 5.06 Å². The van der Waals surface area contributed by atoms with Crippen molar-refractivity contribution in [2.24, 2.45) is 0 Å². The number of benzene rings is 4. The molecule has 0 aromatic heterocycles. The molecule has 0 bridgehead atoms. The van der Waals surface area contributed by atoms with Crippen LogP contribution in [0.15, 0.2) is 52.3 Å². The van der Waals surface area contributed by atoms with Gasteiger partial charge in [0.15, 0.2) is 0 Å². The summed E-state index contributed by atoms with van der Waals surface area (Å²) < 4.78 is 67.7. The number of anilines is 1. The Kier molecular flexibility index (Phi) is 4.96. The molecule has 3 amide bonds. The van der Waals surface area contributed by atoms with E-state index in [2.05, 4.69) is 5.32 Å². The van der Waals surface area contributed by atoms with Crippen LogP contribution in [0.5, 0.6) is 0 Å². The van der Waals surface area contributed by atoms with Crippen molar-refractivity contribution in [1.29, 1.82) is 0 Å². The van der Waals surface area contributed by atoms with E-state index in [0.717, 1.165) is 6.07 Å². The standard InChI is InChI=1S/C21H14N2O10S2/c24-17-7-8-18(25)23(17)33-21(26)22-14-9-16(35(30,31)32)13-5-4-12-15(34(27,28)29)6-2-10-1-3-11(14)20(13)19(10)12/h1-6,9H,7-8H2,(H,22,26)(H,27,28,29)(H,30,31,32). The molecule has 0 radical (unpaired) electrons. The van der Waals surface area contributed by atoms with Crippen LogP contribution in [0.4, 0.5) is 10.5 Å². The first kappa shape index (κ1) is 22.9. The molecule has 0 atom stereocenters. The lowest BCUT2D eigenvalue weighted by Crippen LogP contribution is -2.34. The van der Waals surface area contributed by atoms with Crippen molar-refractivity contribution < 1.29 is 45.2 Å². The fraction of sp³-hybridized carbons (Fsp3) is 0.0952. The van der Waals surface area contributed by atoms with E-state index in [4.69, 9.17) is 4.84 Å². The van der Waals surface area contributed by atoms with E-state index in [9.17, 15) is 40.3 Å². The quantitative estimate of drug-likeness (QED) is 0.206. The zero-order valence-corrected chi connectivity index (χ0v) is 19.0. The summed E-state index contributed by atoms with van der Waals surface area (Å²) in [4.78, 5) is 39.7. The second-order valence-corrected chi connectivity index (χ2v) is 10.5. The van der Waals surface area contributed by atoms with E-state index in [0.29, 0.717) is 10.4 Å². The highest BCUT2D eigenvalue weighted by Crippen LogP contribution is 2.42. The third-order valence-electron chi connectivity index (χ3n) is 5.68. The maximum Gasteiger partial charge on any atom is 0.436 e. The lowest BCUT2D eigenvalue weighted by molar-refractivity contribution is -0.170. The summed E-state index contributed by atoms with van der Waals surface area (Å²) in [5.41, 5.74) is -0.166. The summed E-state index contributed by atoms with van der Waals surface area (Å²) in [6.07, 6.45) is -1.54. The van der Waals surface area contributed by atoms with Gasteiger partial charge in [0.2, 0.25) is 0 Å². The van der Waals surface area contributed by atoms with Crippen molar-refractivity contribution >= 4 is 76.1 Å². The average molecular weight is 518 g/mol. The number of hydroxylamine groups is 2. The number of hydrogen-bond acceptors (Lipinski definition) is 8. The molecule has 0 saturated carbocycles. The Morgan fingerprint density at radius 2 is 1.34 bits per heavy atom. The minimum atomic E-state index is -4.84. The van der Waals surface area contributed by atoms with Crippen molar-refractivity contribution in [3.05, 3.63) is 42.5 Å². The SMILES string of the molecule is O=C(Nc1cc(S(=O)(=O)O)c2ccc3c(S(=O)(=O)O)ccc4ccc1c2c43)ON1C(=O)CCC1=O. The Morgan fingerprint density at radius 3 is 1.94 bits per heavy atom. The van der Waals surface area contributed by atoms with Crippen molar-refractivity contribution in [3.63, 3.8) is 0 Å². The lowest BCUT2D eigenvalue weighted by atomic mass is 9.93. The molecule has 3 N–H and O–H groups in total. The Balaban J connectivity index is 1.77. The van der Waals surface area contributed by atoms with Gasteiger partial charge in [0.05, 0.1) is 5.69 Å². The van der Waals surface area contributed by atoms with E-state index in [1.54, 1.807) is 6.07 Å². The van der Waals surface area contributed by atoms with Crippen LogP contribution in [-0.4, -0.2) is 48.9 Å². The van der Waals surface area contributed by atoms with Crippen LogP contribution in [0.25, 0.3) is 32.3 Å². The second kappa shape index (κ2) is 7.58. The Morgan fingerprint density at radius 1 is 0.800 bits per heavy atom. The predicted octanol–water partition coefficient (Wildman–Crippen LogP) is 2.69. The highest BCUT2D eigenvalue weighted by Gasteiger charge is 2.33. The Hall–Kier alpha value is -3.85. The molecular weight excluding hydrogens is 504 g/mol. The first-order valence-corrected chi connectivity index (χ1v) is 12.8. The van der Waals surface area contributed by atoms with Crippen LogP contribution in [0.3, 0.4) is 0 Å². The summed E-state index contributed by atoms with van der Waals surface area (Å²) >= 11 is 0. The molecule has 0 spiro atoms. The summed E-state index contributed by atoms with van der Waals surface area (Å²) in [5.74, 6) is -1.45. The first-order chi connectivity index (χ1) is 16.4. The molecule has 1 fully saturated rings. The molecular formula is C21H14N2O10S2. The van der Waals surface area contributed by atoms with Gasteiger partial charge in [0, 0.05) is 34.4 Å². The van der Waals surface area contributed by atoms with Crippen LogP contribution in [0.2, 0.25) is 0 Å². The zero-order valence-electron chi connectivity index (χ0n) is 17.4. The minimum absolute atomic E-state index is 0.0249. The second-order valence-electron chi connectivity index (χ2n) is 7.77. The van der Waals surface area contributed by atoms with E-state index in [-0.39, 0.29) is 45.5 Å². The smallest absolute Gasteiger partial charge is 0.311 e. The molecule has 4 aromatic carbocycles. The Bertz CT molecular complexity index is 1800. The molecule has 1 aliphatic rings. The fourth-order valence-corrected chi connectivity index (χ4v) is 5.66. The molecule has 35 heavy (non-hydrogen) atoms.